The molecule has 0 heterocycles. The van der Waals surface area contributed by atoms with Crippen molar-refractivity contribution in [1.82, 2.24) is 0 Å². The lowest BCUT2D eigenvalue weighted by Gasteiger charge is -2.14. The van der Waals surface area contributed by atoms with E-state index in [2.05, 4.69) is 121 Å². The highest BCUT2D eigenvalue weighted by molar-refractivity contribution is 6.26. The molecule has 0 amide bonds. The third kappa shape index (κ3) is 6.09. The Bertz CT molecular complexity index is 2390. The number of aliphatic imine (C=N–C) groups is 1. The van der Waals surface area contributed by atoms with Crippen LogP contribution in [0.4, 0.5) is 0 Å². The lowest BCUT2D eigenvalue weighted by molar-refractivity contribution is 1.45. The van der Waals surface area contributed by atoms with Gasteiger partial charge in [-0.1, -0.05) is 104 Å². The highest BCUT2D eigenvalue weighted by atomic mass is 14.6. The second kappa shape index (κ2) is 13.2. The van der Waals surface area contributed by atoms with Crippen LogP contribution in [0.15, 0.2) is 150 Å². The zero-order chi connectivity index (χ0) is 32.9. The third-order valence-corrected chi connectivity index (χ3v) is 8.51. The fourth-order valence-corrected chi connectivity index (χ4v) is 6.06. The molecule has 0 unspecified atom stereocenters. The summed E-state index contributed by atoms with van der Waals surface area (Å²) in [5, 5.41) is 25.9. The number of allylic oxidation sites excluding steroid dienone is 6. The smallest absolute Gasteiger partial charge is 0.101 e. The maximum atomic E-state index is 9.36. The van der Waals surface area contributed by atoms with E-state index < -0.39 is 0 Å². The SMILES string of the molecule is C=C(/C=C(/C#N)C=NC)c1ccc(-c2ccc3c4ccccc4c4ccc(-c5ccc(/C(C)=C/C(C#N)=C\N)cc5)cc4c3c2)cc1. The van der Waals surface area contributed by atoms with Crippen molar-refractivity contribution in [2.45, 2.75) is 6.92 Å². The van der Waals surface area contributed by atoms with Crippen LogP contribution in [0.1, 0.15) is 18.1 Å². The molecule has 0 bridgehead atoms. The molecule has 0 aliphatic carbocycles. The number of benzene rings is 6. The normalized spacial score (nSPS) is 12.5. The third-order valence-electron chi connectivity index (χ3n) is 8.51. The highest BCUT2D eigenvalue weighted by Gasteiger charge is 2.12. The van der Waals surface area contributed by atoms with Crippen molar-refractivity contribution in [2.24, 2.45) is 10.7 Å². The molecule has 6 rings (SSSR count). The predicted molar refractivity (Wildman–Crippen MR) is 199 cm³/mol. The van der Waals surface area contributed by atoms with Gasteiger partial charge in [0.05, 0.1) is 11.1 Å². The molecule has 6 aromatic rings. The molecule has 2 N–H and O–H groups in total. The molecule has 0 spiro atoms. The summed E-state index contributed by atoms with van der Waals surface area (Å²) in [7, 11) is 1.65. The van der Waals surface area contributed by atoms with Crippen LogP contribution in [-0.4, -0.2) is 13.3 Å². The lowest BCUT2D eigenvalue weighted by atomic mass is 9.90. The maximum Gasteiger partial charge on any atom is 0.101 e. The van der Waals surface area contributed by atoms with Gasteiger partial charge in [0.15, 0.2) is 0 Å². The van der Waals surface area contributed by atoms with Crippen LogP contribution in [-0.2, 0) is 0 Å². The predicted octanol–water partition coefficient (Wildman–Crippen LogP) is 10.4. The zero-order valence-electron chi connectivity index (χ0n) is 26.3. The number of nitriles is 2. The van der Waals surface area contributed by atoms with Gasteiger partial charge >= 0.3 is 0 Å². The van der Waals surface area contributed by atoms with Crippen LogP contribution in [0.25, 0.3) is 65.7 Å². The van der Waals surface area contributed by atoms with Crippen molar-refractivity contribution in [3.05, 3.63) is 156 Å². The Morgan fingerprint density at radius 2 is 1.09 bits per heavy atom. The fraction of sp³-hybridized carbons (Fsp3) is 0.0465. The zero-order valence-corrected chi connectivity index (χ0v) is 26.3. The first-order valence-electron chi connectivity index (χ1n) is 15.3. The van der Waals surface area contributed by atoms with Gasteiger partial charge in [-0.25, -0.2) is 0 Å². The van der Waals surface area contributed by atoms with Crippen LogP contribution in [0.2, 0.25) is 0 Å². The minimum Gasteiger partial charge on any atom is -0.404 e. The van der Waals surface area contributed by atoms with Crippen molar-refractivity contribution in [1.29, 1.82) is 10.5 Å². The van der Waals surface area contributed by atoms with Crippen molar-refractivity contribution in [3.8, 4) is 34.4 Å². The summed E-state index contributed by atoms with van der Waals surface area (Å²) >= 11 is 0. The Kier molecular flexibility index (Phi) is 8.60. The Hall–Kier alpha value is -6.49. The highest BCUT2D eigenvalue weighted by Crippen LogP contribution is 2.39. The van der Waals surface area contributed by atoms with Crippen LogP contribution < -0.4 is 5.73 Å². The first-order valence-corrected chi connectivity index (χ1v) is 15.3. The van der Waals surface area contributed by atoms with Gasteiger partial charge in [-0.15, -0.1) is 0 Å². The van der Waals surface area contributed by atoms with Crippen LogP contribution in [0, 0.1) is 22.7 Å². The number of hydrogen-bond donors (Lipinski definition) is 1. The van der Waals surface area contributed by atoms with Gasteiger partial charge in [0.2, 0.25) is 0 Å². The maximum absolute atomic E-state index is 9.36. The molecule has 0 fully saturated rings. The van der Waals surface area contributed by atoms with Crippen LogP contribution in [0.5, 0.6) is 0 Å². The summed E-state index contributed by atoms with van der Waals surface area (Å²) in [5.41, 5.74) is 14.7. The average Bonchev–Trinajstić information content (AvgIpc) is 3.13. The Morgan fingerprint density at radius 3 is 1.55 bits per heavy atom. The monoisotopic (exact) mass is 604 g/mol. The van der Waals surface area contributed by atoms with E-state index >= 15 is 0 Å². The first kappa shape index (κ1) is 30.5. The Balaban J connectivity index is 1.44. The number of rotatable bonds is 7. The first-order chi connectivity index (χ1) is 22.9. The second-order valence-corrected chi connectivity index (χ2v) is 11.4. The van der Waals surface area contributed by atoms with E-state index in [1.807, 2.05) is 19.1 Å². The topological polar surface area (TPSA) is 86.0 Å². The lowest BCUT2D eigenvalue weighted by Crippen LogP contribution is -1.88. The molecule has 0 saturated carbocycles. The van der Waals surface area contributed by atoms with E-state index in [4.69, 9.17) is 5.73 Å². The molecule has 4 nitrogen and oxygen atoms in total. The summed E-state index contributed by atoms with van der Waals surface area (Å²) in [5.74, 6) is 0. The molecule has 0 aliphatic rings. The number of hydrogen-bond acceptors (Lipinski definition) is 4. The fourth-order valence-electron chi connectivity index (χ4n) is 6.06. The van der Waals surface area contributed by atoms with Gasteiger partial charge in [0.25, 0.3) is 0 Å². The van der Waals surface area contributed by atoms with Crippen LogP contribution >= 0.6 is 0 Å². The van der Waals surface area contributed by atoms with E-state index in [0.717, 1.165) is 44.5 Å². The van der Waals surface area contributed by atoms with E-state index in [1.165, 1.54) is 44.7 Å². The van der Waals surface area contributed by atoms with Gasteiger partial charge in [-0.05, 0) is 108 Å². The second-order valence-electron chi connectivity index (χ2n) is 11.4. The van der Waals surface area contributed by atoms with Crippen molar-refractivity contribution < 1.29 is 0 Å². The minimum atomic E-state index is 0.435. The average molecular weight is 605 g/mol. The van der Waals surface area contributed by atoms with E-state index in [9.17, 15) is 10.5 Å². The molecule has 224 valence electrons. The van der Waals surface area contributed by atoms with Crippen molar-refractivity contribution >= 4 is 49.7 Å². The molecule has 0 saturated heterocycles. The molecular weight excluding hydrogens is 573 g/mol. The molecule has 0 aliphatic heterocycles. The summed E-state index contributed by atoms with van der Waals surface area (Å²) < 4.78 is 0. The molecule has 0 atom stereocenters. The number of nitrogens with two attached hydrogens (primary N) is 1. The quantitative estimate of drug-likeness (QED) is 0.0851. The summed E-state index contributed by atoms with van der Waals surface area (Å²) in [4.78, 5) is 3.95. The summed E-state index contributed by atoms with van der Waals surface area (Å²) in [6.45, 7) is 6.14. The summed E-state index contributed by atoms with van der Waals surface area (Å²) in [6, 6.07) is 43.0. The van der Waals surface area contributed by atoms with Gasteiger partial charge < -0.3 is 5.73 Å². The Morgan fingerprint density at radius 1 is 0.617 bits per heavy atom. The minimum absolute atomic E-state index is 0.435. The molecular formula is C43H32N4. The van der Waals surface area contributed by atoms with Gasteiger partial charge in [-0.2, -0.15) is 10.5 Å². The van der Waals surface area contributed by atoms with E-state index in [-0.39, 0.29) is 0 Å². The molecule has 47 heavy (non-hydrogen) atoms. The van der Waals surface area contributed by atoms with Crippen molar-refractivity contribution in [3.63, 3.8) is 0 Å². The Labute approximate surface area is 275 Å². The molecule has 0 aromatic heterocycles. The van der Waals surface area contributed by atoms with Gasteiger partial charge in [-0.3, -0.25) is 4.99 Å². The van der Waals surface area contributed by atoms with E-state index in [0.29, 0.717) is 11.1 Å². The molecule has 6 aromatic carbocycles. The summed E-state index contributed by atoms with van der Waals surface area (Å²) in [6.07, 6.45) is 6.42. The van der Waals surface area contributed by atoms with Crippen molar-refractivity contribution in [2.75, 3.05) is 7.05 Å². The molecule has 4 heteroatoms. The number of nitrogens with zero attached hydrogens (tertiary/aromatic N) is 3. The standard InChI is InChI=1S/C43H32N4/c1-28(20-30(24-44)25-45)32-8-12-34(13-9-32)36-16-18-40-38-6-4-5-7-39(38)41-19-17-37(23-43(41)42(40)22-36)35-14-10-33(11-15-35)29(2)21-31(26-46)27-47-3/h4-24,27H,2,44H2,1,3H3/b28-20+,30-24+,31-21-,47-27?. The molecule has 0 radical (unpaired) electrons. The van der Waals surface area contributed by atoms with E-state index in [1.54, 1.807) is 19.2 Å². The number of fused-ring (bicyclic) bond motifs is 6. The van der Waals surface area contributed by atoms with Gasteiger partial charge in [0, 0.05) is 19.5 Å². The van der Waals surface area contributed by atoms with Crippen LogP contribution in [0.3, 0.4) is 0 Å². The van der Waals surface area contributed by atoms with Gasteiger partial charge in [0.1, 0.15) is 12.1 Å². The largest absolute Gasteiger partial charge is 0.404 e.